The molecular weight excluding hydrogens is 418 g/mol. The summed E-state index contributed by atoms with van der Waals surface area (Å²) in [6.45, 7) is 6.99. The van der Waals surface area contributed by atoms with Gasteiger partial charge in [-0.05, 0) is 80.9 Å². The number of hydrogen-bond donors (Lipinski definition) is 2. The van der Waals surface area contributed by atoms with Crippen molar-refractivity contribution in [3.05, 3.63) is 65.7 Å². The molecule has 0 aliphatic carbocycles. The molecule has 0 spiro atoms. The average molecular weight is 456 g/mol. The fourth-order valence-corrected chi connectivity index (χ4v) is 3.96. The number of unbranched alkanes of at least 4 members (excludes halogenated alkanes) is 2. The van der Waals surface area contributed by atoms with Gasteiger partial charge in [-0.15, -0.1) is 0 Å². The van der Waals surface area contributed by atoms with Gasteiger partial charge in [-0.25, -0.2) is 9.59 Å². The second kappa shape index (κ2) is 15.1. The number of hydrogen-bond acceptors (Lipinski definition) is 4. The number of carboxylic acids is 2. The maximum absolute atomic E-state index is 9.10. The van der Waals surface area contributed by atoms with E-state index in [0.29, 0.717) is 0 Å². The van der Waals surface area contributed by atoms with Crippen LogP contribution in [-0.4, -0.2) is 53.3 Å². The normalized spacial score (nSPS) is 14.2. The second-order valence-corrected chi connectivity index (χ2v) is 8.55. The summed E-state index contributed by atoms with van der Waals surface area (Å²) >= 11 is 0. The number of benzene rings is 2. The highest BCUT2D eigenvalue weighted by atomic mass is 16.5. The standard InChI is InChI=1S/C25H35NO.C2H2O4/c1-2-3-7-17-26-18-14-22(15-19-26)16-20-27-25-12-10-24(11-13-25)21-23-8-5-4-6-9-23;3-1(4)2(5)6/h4-6,8-13,22H,2-3,7,14-21H2,1H3;(H,3,4)(H,5,6). The van der Waals surface area contributed by atoms with E-state index in [1.54, 1.807) is 0 Å². The Hall–Kier alpha value is -2.86. The first-order chi connectivity index (χ1) is 16.0. The lowest BCUT2D eigenvalue weighted by atomic mass is 9.94. The molecule has 0 radical (unpaired) electrons. The fourth-order valence-electron chi connectivity index (χ4n) is 3.96. The van der Waals surface area contributed by atoms with Crippen LogP contribution in [0.15, 0.2) is 54.6 Å². The van der Waals surface area contributed by atoms with Gasteiger partial charge < -0.3 is 19.8 Å². The third kappa shape index (κ3) is 11.0. The quantitative estimate of drug-likeness (QED) is 0.383. The van der Waals surface area contributed by atoms with E-state index in [-0.39, 0.29) is 0 Å². The number of nitrogens with zero attached hydrogens (tertiary/aromatic N) is 1. The molecule has 1 heterocycles. The van der Waals surface area contributed by atoms with E-state index >= 15 is 0 Å². The van der Waals surface area contributed by atoms with Crippen molar-refractivity contribution in [2.24, 2.45) is 5.92 Å². The van der Waals surface area contributed by atoms with Crippen molar-refractivity contribution >= 4 is 11.9 Å². The summed E-state index contributed by atoms with van der Waals surface area (Å²) in [6.07, 6.45) is 8.91. The highest BCUT2D eigenvalue weighted by Crippen LogP contribution is 2.22. The highest BCUT2D eigenvalue weighted by molar-refractivity contribution is 6.27. The first-order valence-electron chi connectivity index (χ1n) is 11.9. The second-order valence-electron chi connectivity index (χ2n) is 8.55. The van der Waals surface area contributed by atoms with E-state index in [0.717, 1.165) is 24.7 Å². The molecule has 1 aliphatic heterocycles. The lowest BCUT2D eigenvalue weighted by molar-refractivity contribution is -0.159. The largest absolute Gasteiger partial charge is 0.494 e. The summed E-state index contributed by atoms with van der Waals surface area (Å²) in [5.74, 6) is -1.81. The SMILES string of the molecule is CCCCCN1CCC(CCOc2ccc(Cc3ccccc3)cc2)CC1.O=C(O)C(=O)O. The Morgan fingerprint density at radius 3 is 2.09 bits per heavy atom. The molecule has 180 valence electrons. The van der Waals surface area contributed by atoms with Crippen LogP contribution in [0.2, 0.25) is 0 Å². The molecule has 0 unspecified atom stereocenters. The molecule has 2 aromatic rings. The minimum absolute atomic E-state index is 0.838. The molecule has 2 aromatic carbocycles. The minimum atomic E-state index is -1.82. The van der Waals surface area contributed by atoms with Gasteiger partial charge in [0.1, 0.15) is 5.75 Å². The van der Waals surface area contributed by atoms with Crippen LogP contribution in [0, 0.1) is 5.92 Å². The van der Waals surface area contributed by atoms with Crippen LogP contribution in [-0.2, 0) is 16.0 Å². The maximum Gasteiger partial charge on any atom is 0.414 e. The number of aliphatic carboxylic acids is 2. The van der Waals surface area contributed by atoms with Crippen LogP contribution in [0.4, 0.5) is 0 Å². The molecule has 33 heavy (non-hydrogen) atoms. The van der Waals surface area contributed by atoms with Crippen LogP contribution < -0.4 is 4.74 Å². The Labute approximate surface area is 197 Å². The van der Waals surface area contributed by atoms with Gasteiger partial charge in [-0.3, -0.25) is 0 Å². The predicted octanol–water partition coefficient (Wildman–Crippen LogP) is 5.10. The smallest absolute Gasteiger partial charge is 0.414 e. The first kappa shape index (κ1) is 26.4. The van der Waals surface area contributed by atoms with Crippen LogP contribution in [0.5, 0.6) is 5.75 Å². The zero-order valence-corrected chi connectivity index (χ0v) is 19.6. The topological polar surface area (TPSA) is 87.1 Å². The molecule has 1 saturated heterocycles. The first-order valence-corrected chi connectivity index (χ1v) is 11.9. The summed E-state index contributed by atoms with van der Waals surface area (Å²) in [6, 6.07) is 19.2. The van der Waals surface area contributed by atoms with Crippen molar-refractivity contribution in [3.8, 4) is 5.75 Å². The van der Waals surface area contributed by atoms with Crippen LogP contribution >= 0.6 is 0 Å². The summed E-state index contributed by atoms with van der Waals surface area (Å²) in [5, 5.41) is 14.8. The van der Waals surface area contributed by atoms with E-state index in [1.807, 2.05) is 0 Å². The molecule has 6 nitrogen and oxygen atoms in total. The number of piperidine rings is 1. The Balaban J connectivity index is 0.000000569. The Bertz CT molecular complexity index is 802. The number of rotatable bonds is 10. The van der Waals surface area contributed by atoms with E-state index in [4.69, 9.17) is 24.5 Å². The Morgan fingerprint density at radius 2 is 1.52 bits per heavy atom. The van der Waals surface area contributed by atoms with E-state index in [9.17, 15) is 0 Å². The summed E-state index contributed by atoms with van der Waals surface area (Å²) in [5.41, 5.74) is 2.69. The van der Waals surface area contributed by atoms with Crippen LogP contribution in [0.1, 0.15) is 56.6 Å². The van der Waals surface area contributed by atoms with Crippen LogP contribution in [0.25, 0.3) is 0 Å². The van der Waals surface area contributed by atoms with Crippen molar-refractivity contribution in [2.45, 2.75) is 51.9 Å². The van der Waals surface area contributed by atoms with Crippen molar-refractivity contribution in [1.82, 2.24) is 4.90 Å². The number of likely N-dealkylation sites (tertiary alicyclic amines) is 1. The zero-order valence-electron chi connectivity index (χ0n) is 19.6. The van der Waals surface area contributed by atoms with Crippen molar-refractivity contribution in [3.63, 3.8) is 0 Å². The molecule has 0 aromatic heterocycles. The molecule has 0 saturated carbocycles. The number of carbonyl (C=O) groups is 2. The van der Waals surface area contributed by atoms with Crippen molar-refractivity contribution < 1.29 is 24.5 Å². The zero-order chi connectivity index (χ0) is 23.9. The van der Waals surface area contributed by atoms with Gasteiger partial charge in [0, 0.05) is 0 Å². The van der Waals surface area contributed by atoms with Gasteiger partial charge in [-0.1, -0.05) is 62.2 Å². The van der Waals surface area contributed by atoms with Gasteiger partial charge in [0.25, 0.3) is 0 Å². The molecule has 0 bridgehead atoms. The van der Waals surface area contributed by atoms with Gasteiger partial charge in [0.2, 0.25) is 0 Å². The van der Waals surface area contributed by atoms with E-state index in [2.05, 4.69) is 66.4 Å². The summed E-state index contributed by atoms with van der Waals surface area (Å²) in [7, 11) is 0. The van der Waals surface area contributed by atoms with Gasteiger partial charge in [0.15, 0.2) is 0 Å². The van der Waals surface area contributed by atoms with Gasteiger partial charge >= 0.3 is 11.9 Å². The molecule has 0 atom stereocenters. The van der Waals surface area contributed by atoms with Gasteiger partial charge in [-0.2, -0.15) is 0 Å². The highest BCUT2D eigenvalue weighted by Gasteiger charge is 2.18. The minimum Gasteiger partial charge on any atom is -0.494 e. The third-order valence-electron chi connectivity index (χ3n) is 5.94. The Morgan fingerprint density at radius 1 is 0.909 bits per heavy atom. The van der Waals surface area contributed by atoms with E-state index < -0.39 is 11.9 Å². The fraction of sp³-hybridized carbons (Fsp3) is 0.481. The number of ether oxygens (including phenoxy) is 1. The number of carboxylic acid groups (broad SMARTS) is 2. The van der Waals surface area contributed by atoms with E-state index in [1.165, 1.54) is 69.3 Å². The van der Waals surface area contributed by atoms with Crippen molar-refractivity contribution in [2.75, 3.05) is 26.2 Å². The summed E-state index contributed by atoms with van der Waals surface area (Å²) < 4.78 is 6.01. The maximum atomic E-state index is 9.10. The monoisotopic (exact) mass is 455 g/mol. The molecule has 6 heteroatoms. The van der Waals surface area contributed by atoms with Gasteiger partial charge in [0.05, 0.1) is 6.61 Å². The Kier molecular flexibility index (Phi) is 12.0. The molecule has 3 rings (SSSR count). The van der Waals surface area contributed by atoms with Crippen molar-refractivity contribution in [1.29, 1.82) is 0 Å². The molecule has 1 fully saturated rings. The summed E-state index contributed by atoms with van der Waals surface area (Å²) in [4.78, 5) is 20.9. The molecule has 0 amide bonds. The molecular formula is C27H37NO5. The average Bonchev–Trinajstić information content (AvgIpc) is 2.82. The molecule has 2 N–H and O–H groups in total. The van der Waals surface area contributed by atoms with Crippen LogP contribution in [0.3, 0.4) is 0 Å². The lowest BCUT2D eigenvalue weighted by Crippen LogP contribution is -2.34. The predicted molar refractivity (Wildman–Crippen MR) is 130 cm³/mol. The lowest BCUT2D eigenvalue weighted by Gasteiger charge is -2.31. The molecule has 1 aliphatic rings. The third-order valence-corrected chi connectivity index (χ3v) is 5.94.